The molecule has 3 heteroatoms. The summed E-state index contributed by atoms with van der Waals surface area (Å²) >= 11 is 0. The lowest BCUT2D eigenvalue weighted by atomic mass is 10.1. The number of rotatable bonds is 2. The number of ether oxygens (including phenoxy) is 2. The van der Waals surface area contributed by atoms with Crippen LogP contribution in [0.4, 0.5) is 5.69 Å². The first-order chi connectivity index (χ1) is 7.24. The van der Waals surface area contributed by atoms with Crippen molar-refractivity contribution in [3.8, 4) is 11.5 Å². The van der Waals surface area contributed by atoms with Gasteiger partial charge in [0.1, 0.15) is 11.5 Å². The van der Waals surface area contributed by atoms with Gasteiger partial charge in [-0.05, 0) is 35.0 Å². The number of nitrogen functional groups attached to an aromatic ring is 1. The molecule has 0 aliphatic carbocycles. The van der Waals surface area contributed by atoms with Crippen molar-refractivity contribution in [1.82, 2.24) is 0 Å². The predicted octanol–water partition coefficient (Wildman–Crippen LogP) is 2.44. The van der Waals surface area contributed by atoms with Crippen LogP contribution < -0.4 is 15.2 Å². The quantitative estimate of drug-likeness (QED) is 0.762. The second-order valence-electron chi connectivity index (χ2n) is 3.31. The Morgan fingerprint density at radius 2 is 1.73 bits per heavy atom. The minimum Gasteiger partial charge on any atom is -0.497 e. The summed E-state index contributed by atoms with van der Waals surface area (Å²) in [7, 11) is 3.26. The molecule has 0 atom stereocenters. The number of nitrogens with two attached hydrogens (primary N) is 1. The second kappa shape index (κ2) is 3.69. The van der Waals surface area contributed by atoms with E-state index in [1.165, 1.54) is 0 Å². The molecule has 2 aromatic rings. The van der Waals surface area contributed by atoms with Crippen molar-refractivity contribution in [3.63, 3.8) is 0 Å². The van der Waals surface area contributed by atoms with E-state index in [1.807, 2.05) is 30.3 Å². The molecule has 2 rings (SSSR count). The number of hydrogen-bond donors (Lipinski definition) is 1. The van der Waals surface area contributed by atoms with E-state index in [2.05, 4.69) is 0 Å². The fourth-order valence-electron chi connectivity index (χ4n) is 1.58. The topological polar surface area (TPSA) is 44.5 Å². The summed E-state index contributed by atoms with van der Waals surface area (Å²) < 4.78 is 10.3. The zero-order valence-electron chi connectivity index (χ0n) is 8.78. The Labute approximate surface area is 88.4 Å². The zero-order valence-corrected chi connectivity index (χ0v) is 8.78. The molecule has 0 aliphatic heterocycles. The third-order valence-electron chi connectivity index (χ3n) is 2.40. The van der Waals surface area contributed by atoms with E-state index in [0.29, 0.717) is 11.4 Å². The van der Waals surface area contributed by atoms with Crippen molar-refractivity contribution in [2.45, 2.75) is 0 Å². The molecule has 15 heavy (non-hydrogen) atoms. The van der Waals surface area contributed by atoms with Gasteiger partial charge in [0.2, 0.25) is 0 Å². The minimum atomic E-state index is 0.648. The highest BCUT2D eigenvalue weighted by Crippen LogP contribution is 2.29. The predicted molar refractivity (Wildman–Crippen MR) is 61.5 cm³/mol. The fourth-order valence-corrected chi connectivity index (χ4v) is 1.58. The number of anilines is 1. The van der Waals surface area contributed by atoms with Gasteiger partial charge >= 0.3 is 0 Å². The zero-order chi connectivity index (χ0) is 10.8. The van der Waals surface area contributed by atoms with Gasteiger partial charge in [0.25, 0.3) is 0 Å². The molecule has 0 spiro atoms. The van der Waals surface area contributed by atoms with E-state index in [9.17, 15) is 0 Å². The molecule has 0 saturated heterocycles. The molecule has 0 radical (unpaired) electrons. The van der Waals surface area contributed by atoms with Gasteiger partial charge in [-0.3, -0.25) is 0 Å². The van der Waals surface area contributed by atoms with E-state index in [0.717, 1.165) is 16.5 Å². The van der Waals surface area contributed by atoms with Gasteiger partial charge in [-0.1, -0.05) is 6.07 Å². The molecule has 0 saturated carbocycles. The Hall–Kier alpha value is -1.90. The number of benzene rings is 2. The lowest BCUT2D eigenvalue weighted by Gasteiger charge is -2.07. The van der Waals surface area contributed by atoms with Gasteiger partial charge < -0.3 is 15.2 Å². The molecule has 78 valence electrons. The summed E-state index contributed by atoms with van der Waals surface area (Å²) in [5.41, 5.74) is 6.46. The maximum absolute atomic E-state index is 5.81. The summed E-state index contributed by atoms with van der Waals surface area (Å²) in [6, 6.07) is 9.65. The SMILES string of the molecule is COc1ccc2cc(N)c(OC)cc2c1. The second-order valence-corrected chi connectivity index (χ2v) is 3.31. The van der Waals surface area contributed by atoms with Crippen LogP contribution in [0.1, 0.15) is 0 Å². The molecule has 0 amide bonds. The van der Waals surface area contributed by atoms with Crippen molar-refractivity contribution < 1.29 is 9.47 Å². The average molecular weight is 203 g/mol. The molecule has 2 aromatic carbocycles. The molecule has 0 heterocycles. The van der Waals surface area contributed by atoms with Crippen LogP contribution in [0, 0.1) is 0 Å². The van der Waals surface area contributed by atoms with Crippen molar-refractivity contribution in [2.75, 3.05) is 20.0 Å². The van der Waals surface area contributed by atoms with E-state index in [-0.39, 0.29) is 0 Å². The molecule has 3 nitrogen and oxygen atoms in total. The molecular formula is C12H13NO2. The number of fused-ring (bicyclic) bond motifs is 1. The Balaban J connectivity index is 2.66. The van der Waals surface area contributed by atoms with Gasteiger partial charge in [-0.25, -0.2) is 0 Å². The number of methoxy groups -OCH3 is 2. The van der Waals surface area contributed by atoms with Crippen molar-refractivity contribution >= 4 is 16.5 Å². The third kappa shape index (κ3) is 1.68. The van der Waals surface area contributed by atoms with Gasteiger partial charge in [0.15, 0.2) is 0 Å². The van der Waals surface area contributed by atoms with Crippen LogP contribution in [-0.4, -0.2) is 14.2 Å². The van der Waals surface area contributed by atoms with Crippen molar-refractivity contribution in [1.29, 1.82) is 0 Å². The molecule has 0 aromatic heterocycles. The van der Waals surface area contributed by atoms with Crippen LogP contribution in [0.15, 0.2) is 30.3 Å². The average Bonchev–Trinajstić information content (AvgIpc) is 2.27. The van der Waals surface area contributed by atoms with E-state index < -0.39 is 0 Å². The summed E-state index contributed by atoms with van der Waals surface area (Å²) in [5.74, 6) is 1.52. The van der Waals surface area contributed by atoms with Crippen LogP contribution in [0.25, 0.3) is 10.8 Å². The first-order valence-electron chi connectivity index (χ1n) is 4.66. The van der Waals surface area contributed by atoms with Gasteiger partial charge in [-0.2, -0.15) is 0 Å². The van der Waals surface area contributed by atoms with Crippen LogP contribution in [-0.2, 0) is 0 Å². The minimum absolute atomic E-state index is 0.648. The normalized spacial score (nSPS) is 10.3. The van der Waals surface area contributed by atoms with Crippen LogP contribution in [0.5, 0.6) is 11.5 Å². The van der Waals surface area contributed by atoms with Crippen LogP contribution in [0.2, 0.25) is 0 Å². The first-order valence-corrected chi connectivity index (χ1v) is 4.66. The highest BCUT2D eigenvalue weighted by atomic mass is 16.5. The van der Waals surface area contributed by atoms with E-state index >= 15 is 0 Å². The van der Waals surface area contributed by atoms with E-state index in [1.54, 1.807) is 14.2 Å². The maximum atomic E-state index is 5.81. The molecule has 0 bridgehead atoms. The molecule has 0 unspecified atom stereocenters. The third-order valence-corrected chi connectivity index (χ3v) is 2.40. The molecule has 0 aliphatic rings. The van der Waals surface area contributed by atoms with Crippen LogP contribution >= 0.6 is 0 Å². The van der Waals surface area contributed by atoms with Gasteiger partial charge in [0, 0.05) is 0 Å². The highest BCUT2D eigenvalue weighted by molar-refractivity contribution is 5.89. The monoisotopic (exact) mass is 203 g/mol. The fraction of sp³-hybridized carbons (Fsp3) is 0.167. The molecular weight excluding hydrogens is 190 g/mol. The summed E-state index contributed by atoms with van der Waals surface area (Å²) in [5, 5.41) is 2.13. The summed E-state index contributed by atoms with van der Waals surface area (Å²) in [4.78, 5) is 0. The van der Waals surface area contributed by atoms with Gasteiger partial charge in [0.05, 0.1) is 19.9 Å². The largest absolute Gasteiger partial charge is 0.497 e. The highest BCUT2D eigenvalue weighted by Gasteiger charge is 2.03. The summed E-state index contributed by atoms with van der Waals surface area (Å²) in [6.45, 7) is 0. The molecule has 0 fully saturated rings. The first kappa shape index (κ1) is 9.65. The Morgan fingerprint density at radius 1 is 0.933 bits per heavy atom. The van der Waals surface area contributed by atoms with Crippen molar-refractivity contribution in [2.24, 2.45) is 0 Å². The summed E-state index contributed by atoms with van der Waals surface area (Å²) in [6.07, 6.45) is 0. The number of hydrogen-bond acceptors (Lipinski definition) is 3. The standard InChI is InChI=1S/C12H13NO2/c1-14-10-4-3-8-6-11(13)12(15-2)7-9(8)5-10/h3-7H,13H2,1-2H3. The molecule has 2 N–H and O–H groups in total. The lowest BCUT2D eigenvalue weighted by Crippen LogP contribution is -1.92. The van der Waals surface area contributed by atoms with Crippen molar-refractivity contribution in [3.05, 3.63) is 30.3 Å². The van der Waals surface area contributed by atoms with E-state index in [4.69, 9.17) is 15.2 Å². The van der Waals surface area contributed by atoms with Gasteiger partial charge in [-0.15, -0.1) is 0 Å². The Morgan fingerprint density at radius 3 is 2.40 bits per heavy atom. The lowest BCUT2D eigenvalue weighted by molar-refractivity contribution is 0.414. The Kier molecular flexibility index (Phi) is 2.37. The maximum Gasteiger partial charge on any atom is 0.142 e. The Bertz CT molecular complexity index is 494. The van der Waals surface area contributed by atoms with Crippen LogP contribution in [0.3, 0.4) is 0 Å². The smallest absolute Gasteiger partial charge is 0.142 e.